The number of aromatic nitrogens is 4. The van der Waals surface area contributed by atoms with Gasteiger partial charge in [-0.15, -0.1) is 0 Å². The molecule has 1 saturated heterocycles. The van der Waals surface area contributed by atoms with Crippen LogP contribution in [0.5, 0.6) is 0 Å². The smallest absolute Gasteiger partial charge is 0.133 e. The maximum atomic E-state index is 5.71. The van der Waals surface area contributed by atoms with E-state index in [1.165, 1.54) is 12.8 Å². The Bertz CT molecular complexity index is 838. The van der Waals surface area contributed by atoms with Crippen LogP contribution >= 0.6 is 0 Å². The molecule has 0 radical (unpaired) electrons. The Morgan fingerprint density at radius 3 is 2.92 bits per heavy atom. The number of anilines is 1. The average molecular weight is 336 g/mol. The standard InChI is InChI=1S/C19H24N6/c1-13-21-14(9-10-20)12-18(22-13)25-11-5-4-8-17(25)19-23-15-6-2-3-7-16(15)24-19/h2-3,6-7,12,17H,4-5,8-11,20H2,1H3,(H,23,24)/t17-/m0/s1. The van der Waals surface area contributed by atoms with Crippen LogP contribution in [0.25, 0.3) is 11.0 Å². The van der Waals surface area contributed by atoms with Gasteiger partial charge in [-0.25, -0.2) is 15.0 Å². The summed E-state index contributed by atoms with van der Waals surface area (Å²) in [4.78, 5) is 19.9. The highest BCUT2D eigenvalue weighted by Gasteiger charge is 2.28. The number of imidazole rings is 1. The molecule has 0 saturated carbocycles. The van der Waals surface area contributed by atoms with E-state index in [1.54, 1.807) is 0 Å². The van der Waals surface area contributed by atoms with Gasteiger partial charge >= 0.3 is 0 Å². The number of fused-ring (bicyclic) bond motifs is 1. The number of hydrogen-bond donors (Lipinski definition) is 2. The lowest BCUT2D eigenvalue weighted by Crippen LogP contribution is -2.35. The molecular formula is C19H24N6. The summed E-state index contributed by atoms with van der Waals surface area (Å²) in [5, 5.41) is 0. The Kier molecular flexibility index (Phi) is 4.36. The number of aromatic amines is 1. The molecule has 0 amide bonds. The van der Waals surface area contributed by atoms with E-state index in [9.17, 15) is 0 Å². The summed E-state index contributed by atoms with van der Waals surface area (Å²) in [5.74, 6) is 2.81. The van der Waals surface area contributed by atoms with E-state index in [0.29, 0.717) is 6.54 Å². The summed E-state index contributed by atoms with van der Waals surface area (Å²) in [6, 6.07) is 10.5. The van der Waals surface area contributed by atoms with E-state index < -0.39 is 0 Å². The second-order valence-electron chi connectivity index (χ2n) is 6.65. The minimum Gasteiger partial charge on any atom is -0.346 e. The fraction of sp³-hybridized carbons (Fsp3) is 0.421. The van der Waals surface area contributed by atoms with E-state index in [2.05, 4.69) is 33.1 Å². The molecule has 1 aromatic carbocycles. The zero-order valence-electron chi connectivity index (χ0n) is 14.6. The molecule has 1 aliphatic heterocycles. The average Bonchev–Trinajstić information content (AvgIpc) is 3.05. The number of para-hydroxylation sites is 2. The Morgan fingerprint density at radius 1 is 1.20 bits per heavy atom. The van der Waals surface area contributed by atoms with E-state index in [1.807, 2.05) is 19.1 Å². The number of aryl methyl sites for hydroxylation is 1. The molecule has 2 aromatic heterocycles. The van der Waals surface area contributed by atoms with E-state index in [0.717, 1.165) is 53.6 Å². The fourth-order valence-corrected chi connectivity index (χ4v) is 3.66. The molecule has 0 bridgehead atoms. The van der Waals surface area contributed by atoms with E-state index in [-0.39, 0.29) is 6.04 Å². The first-order valence-corrected chi connectivity index (χ1v) is 9.00. The quantitative estimate of drug-likeness (QED) is 0.765. The van der Waals surface area contributed by atoms with Gasteiger partial charge < -0.3 is 15.6 Å². The minimum atomic E-state index is 0.223. The van der Waals surface area contributed by atoms with Gasteiger partial charge in [0.25, 0.3) is 0 Å². The highest BCUT2D eigenvalue weighted by atomic mass is 15.2. The van der Waals surface area contributed by atoms with Crippen LogP contribution in [0.2, 0.25) is 0 Å². The van der Waals surface area contributed by atoms with Crippen molar-refractivity contribution in [1.82, 2.24) is 19.9 Å². The number of rotatable bonds is 4. The molecule has 0 unspecified atom stereocenters. The molecular weight excluding hydrogens is 312 g/mol. The van der Waals surface area contributed by atoms with Crippen LogP contribution < -0.4 is 10.6 Å². The number of nitrogens with zero attached hydrogens (tertiary/aromatic N) is 4. The zero-order chi connectivity index (χ0) is 17.2. The molecule has 6 heteroatoms. The van der Waals surface area contributed by atoms with Crippen LogP contribution in [0.1, 0.15) is 42.6 Å². The molecule has 6 nitrogen and oxygen atoms in total. The van der Waals surface area contributed by atoms with E-state index >= 15 is 0 Å². The molecule has 4 rings (SSSR count). The van der Waals surface area contributed by atoms with Gasteiger partial charge in [0.2, 0.25) is 0 Å². The monoisotopic (exact) mass is 336 g/mol. The van der Waals surface area contributed by atoms with Crippen LogP contribution in [0.15, 0.2) is 30.3 Å². The molecule has 130 valence electrons. The summed E-state index contributed by atoms with van der Waals surface area (Å²) in [6.45, 7) is 3.53. The number of H-pyrrole nitrogens is 1. The van der Waals surface area contributed by atoms with Crippen LogP contribution in [-0.2, 0) is 6.42 Å². The van der Waals surface area contributed by atoms with Gasteiger partial charge in [-0.05, 0) is 44.9 Å². The third kappa shape index (κ3) is 3.22. The summed E-state index contributed by atoms with van der Waals surface area (Å²) in [5.41, 5.74) is 8.83. The van der Waals surface area contributed by atoms with Gasteiger partial charge in [-0.1, -0.05) is 12.1 Å². The van der Waals surface area contributed by atoms with Gasteiger partial charge in [-0.3, -0.25) is 0 Å². The van der Waals surface area contributed by atoms with Crippen LogP contribution in [0, 0.1) is 6.92 Å². The third-order valence-corrected chi connectivity index (χ3v) is 4.80. The number of nitrogens with one attached hydrogen (secondary N) is 1. The Labute approximate surface area is 147 Å². The van der Waals surface area contributed by atoms with Crippen molar-refractivity contribution in [3.05, 3.63) is 47.7 Å². The van der Waals surface area contributed by atoms with Gasteiger partial charge in [0.05, 0.1) is 17.1 Å². The summed E-state index contributed by atoms with van der Waals surface area (Å²) >= 11 is 0. The molecule has 0 spiro atoms. The van der Waals surface area contributed by atoms with Crippen molar-refractivity contribution in [3.63, 3.8) is 0 Å². The van der Waals surface area contributed by atoms with Crippen molar-refractivity contribution in [2.24, 2.45) is 5.73 Å². The van der Waals surface area contributed by atoms with Crippen molar-refractivity contribution in [1.29, 1.82) is 0 Å². The minimum absolute atomic E-state index is 0.223. The lowest BCUT2D eigenvalue weighted by Gasteiger charge is -2.35. The highest BCUT2D eigenvalue weighted by molar-refractivity contribution is 5.75. The first kappa shape index (κ1) is 16.0. The molecule has 3 aromatic rings. The Balaban J connectivity index is 1.71. The number of hydrogen-bond acceptors (Lipinski definition) is 5. The number of nitrogens with two attached hydrogens (primary N) is 1. The van der Waals surface area contributed by atoms with Crippen molar-refractivity contribution in [2.45, 2.75) is 38.6 Å². The SMILES string of the molecule is Cc1nc(CCN)cc(N2CCCC[C@H]2c2nc3ccccc3[nH]2)n1. The molecule has 1 aliphatic rings. The van der Waals surface area contributed by atoms with Crippen molar-refractivity contribution in [2.75, 3.05) is 18.0 Å². The topological polar surface area (TPSA) is 83.7 Å². The molecule has 25 heavy (non-hydrogen) atoms. The van der Waals surface area contributed by atoms with Gasteiger partial charge in [-0.2, -0.15) is 0 Å². The lowest BCUT2D eigenvalue weighted by atomic mass is 10.0. The summed E-state index contributed by atoms with van der Waals surface area (Å²) in [6.07, 6.45) is 4.23. The second-order valence-corrected chi connectivity index (χ2v) is 6.65. The predicted octanol–water partition coefficient (Wildman–Crippen LogP) is 2.89. The second kappa shape index (κ2) is 6.80. The largest absolute Gasteiger partial charge is 0.346 e. The zero-order valence-corrected chi connectivity index (χ0v) is 14.6. The summed E-state index contributed by atoms with van der Waals surface area (Å²) in [7, 11) is 0. The van der Waals surface area contributed by atoms with Gasteiger partial charge in [0, 0.05) is 24.7 Å². The third-order valence-electron chi connectivity index (χ3n) is 4.80. The number of piperidine rings is 1. The molecule has 3 heterocycles. The van der Waals surface area contributed by atoms with Crippen LogP contribution in [0.4, 0.5) is 5.82 Å². The van der Waals surface area contributed by atoms with Gasteiger partial charge in [0.15, 0.2) is 0 Å². The lowest BCUT2D eigenvalue weighted by molar-refractivity contribution is 0.455. The van der Waals surface area contributed by atoms with Crippen molar-refractivity contribution < 1.29 is 0 Å². The first-order chi connectivity index (χ1) is 12.2. The van der Waals surface area contributed by atoms with Crippen molar-refractivity contribution in [3.8, 4) is 0 Å². The number of benzene rings is 1. The first-order valence-electron chi connectivity index (χ1n) is 9.00. The highest BCUT2D eigenvalue weighted by Crippen LogP contribution is 2.34. The van der Waals surface area contributed by atoms with Crippen molar-refractivity contribution >= 4 is 16.9 Å². The van der Waals surface area contributed by atoms with Crippen LogP contribution in [0.3, 0.4) is 0 Å². The van der Waals surface area contributed by atoms with Gasteiger partial charge in [0.1, 0.15) is 17.5 Å². The normalized spacial score (nSPS) is 18.0. The molecule has 1 atom stereocenters. The summed E-state index contributed by atoms with van der Waals surface area (Å²) < 4.78 is 0. The Morgan fingerprint density at radius 2 is 2.08 bits per heavy atom. The maximum Gasteiger partial charge on any atom is 0.133 e. The molecule has 3 N–H and O–H groups in total. The van der Waals surface area contributed by atoms with E-state index in [4.69, 9.17) is 15.7 Å². The maximum absolute atomic E-state index is 5.71. The molecule has 1 fully saturated rings. The molecule has 0 aliphatic carbocycles. The fourth-order valence-electron chi connectivity index (χ4n) is 3.66. The predicted molar refractivity (Wildman–Crippen MR) is 99.6 cm³/mol. The Hall–Kier alpha value is -2.47. The van der Waals surface area contributed by atoms with Crippen LogP contribution in [-0.4, -0.2) is 33.0 Å².